The van der Waals surface area contributed by atoms with Gasteiger partial charge in [-0.25, -0.2) is 4.98 Å². The first kappa shape index (κ1) is 11.1. The fraction of sp³-hybridized carbons (Fsp3) is 0.267. The standard InChI is InChI=1S/C15H15NO2/c1-8(2)12-5-10-14(17-12)7-15-11(16-10)6-13(18-15)9(3)4/h5-7,9H,1H2,2-4H3. The number of rotatable bonds is 2. The molecular formula is C15H15NO2. The number of nitrogens with zero attached hydrogens (tertiary/aromatic N) is 1. The zero-order chi connectivity index (χ0) is 12.9. The normalized spacial score (nSPS) is 11.8. The molecule has 92 valence electrons. The second-order valence-corrected chi connectivity index (χ2v) is 4.95. The van der Waals surface area contributed by atoms with Crippen LogP contribution in [0.4, 0.5) is 0 Å². The summed E-state index contributed by atoms with van der Waals surface area (Å²) in [4.78, 5) is 4.56. The second kappa shape index (κ2) is 3.73. The molecule has 3 rings (SSSR count). The molecule has 3 heteroatoms. The van der Waals surface area contributed by atoms with Gasteiger partial charge in [-0.05, 0) is 12.5 Å². The van der Waals surface area contributed by atoms with Gasteiger partial charge >= 0.3 is 0 Å². The fourth-order valence-electron chi connectivity index (χ4n) is 1.94. The fourth-order valence-corrected chi connectivity index (χ4v) is 1.94. The van der Waals surface area contributed by atoms with Crippen molar-refractivity contribution in [1.82, 2.24) is 4.98 Å². The van der Waals surface area contributed by atoms with Crippen LogP contribution in [0.5, 0.6) is 0 Å². The van der Waals surface area contributed by atoms with E-state index in [-0.39, 0.29) is 0 Å². The van der Waals surface area contributed by atoms with Gasteiger partial charge in [0.1, 0.15) is 22.6 Å². The van der Waals surface area contributed by atoms with Crippen molar-refractivity contribution in [3.8, 4) is 0 Å². The third kappa shape index (κ3) is 1.63. The Balaban J connectivity index is 2.24. The number of fused-ring (bicyclic) bond motifs is 2. The first-order valence-electron chi connectivity index (χ1n) is 6.04. The summed E-state index contributed by atoms with van der Waals surface area (Å²) < 4.78 is 11.4. The Morgan fingerprint density at radius 1 is 1.11 bits per heavy atom. The third-order valence-corrected chi connectivity index (χ3v) is 2.99. The van der Waals surface area contributed by atoms with Crippen LogP contribution in [0.2, 0.25) is 0 Å². The summed E-state index contributed by atoms with van der Waals surface area (Å²) in [6, 6.07) is 5.81. The van der Waals surface area contributed by atoms with Crippen LogP contribution in [0.1, 0.15) is 38.2 Å². The molecule has 0 atom stereocenters. The summed E-state index contributed by atoms with van der Waals surface area (Å²) in [7, 11) is 0. The van der Waals surface area contributed by atoms with Crippen LogP contribution in [0.15, 0.2) is 33.6 Å². The lowest BCUT2D eigenvalue weighted by molar-refractivity contribution is 0.521. The lowest BCUT2D eigenvalue weighted by Gasteiger charge is -1.95. The van der Waals surface area contributed by atoms with E-state index in [1.165, 1.54) is 0 Å². The Hall–Kier alpha value is -2.03. The highest BCUT2D eigenvalue weighted by molar-refractivity contribution is 5.88. The Labute approximate surface area is 105 Å². The molecule has 0 bridgehead atoms. The number of hydrogen-bond donors (Lipinski definition) is 0. The topological polar surface area (TPSA) is 39.2 Å². The Kier molecular flexibility index (Phi) is 2.30. The summed E-state index contributed by atoms with van der Waals surface area (Å²) in [5, 5.41) is 0. The Morgan fingerprint density at radius 2 is 1.78 bits per heavy atom. The van der Waals surface area contributed by atoms with Crippen molar-refractivity contribution in [2.75, 3.05) is 0 Å². The summed E-state index contributed by atoms with van der Waals surface area (Å²) in [6.45, 7) is 9.98. The molecule has 0 amide bonds. The Morgan fingerprint density at radius 3 is 2.44 bits per heavy atom. The maximum atomic E-state index is 5.76. The zero-order valence-corrected chi connectivity index (χ0v) is 10.8. The molecule has 3 nitrogen and oxygen atoms in total. The molecule has 0 unspecified atom stereocenters. The summed E-state index contributed by atoms with van der Waals surface area (Å²) >= 11 is 0. The largest absolute Gasteiger partial charge is 0.459 e. The van der Waals surface area contributed by atoms with Crippen molar-refractivity contribution < 1.29 is 8.83 Å². The zero-order valence-electron chi connectivity index (χ0n) is 10.8. The van der Waals surface area contributed by atoms with Gasteiger partial charge in [-0.2, -0.15) is 0 Å². The van der Waals surface area contributed by atoms with Gasteiger partial charge in [0, 0.05) is 24.1 Å². The van der Waals surface area contributed by atoms with Crippen LogP contribution < -0.4 is 0 Å². The van der Waals surface area contributed by atoms with E-state index in [9.17, 15) is 0 Å². The van der Waals surface area contributed by atoms with Crippen LogP contribution in [-0.2, 0) is 0 Å². The maximum Gasteiger partial charge on any atom is 0.157 e. The number of furan rings is 2. The van der Waals surface area contributed by atoms with E-state index in [1.54, 1.807) is 0 Å². The van der Waals surface area contributed by atoms with Crippen LogP contribution in [0.3, 0.4) is 0 Å². The van der Waals surface area contributed by atoms with Crippen molar-refractivity contribution in [1.29, 1.82) is 0 Å². The molecule has 0 spiro atoms. The molecule has 3 heterocycles. The van der Waals surface area contributed by atoms with Crippen LogP contribution >= 0.6 is 0 Å². The average Bonchev–Trinajstić information content (AvgIpc) is 2.87. The van der Waals surface area contributed by atoms with Crippen molar-refractivity contribution >= 4 is 27.8 Å². The molecule has 3 aromatic heterocycles. The minimum absolute atomic E-state index is 0.358. The monoisotopic (exact) mass is 241 g/mol. The van der Waals surface area contributed by atoms with Crippen molar-refractivity contribution in [2.24, 2.45) is 0 Å². The van der Waals surface area contributed by atoms with E-state index in [4.69, 9.17) is 8.83 Å². The van der Waals surface area contributed by atoms with E-state index < -0.39 is 0 Å². The quantitative estimate of drug-likeness (QED) is 0.651. The van der Waals surface area contributed by atoms with Gasteiger partial charge in [0.2, 0.25) is 0 Å². The van der Waals surface area contributed by atoms with Crippen LogP contribution in [0.25, 0.3) is 27.8 Å². The number of pyridine rings is 1. The number of allylic oxidation sites excluding steroid dienone is 1. The number of hydrogen-bond acceptors (Lipinski definition) is 3. The highest BCUT2D eigenvalue weighted by Gasteiger charge is 2.12. The van der Waals surface area contributed by atoms with Crippen LogP contribution in [-0.4, -0.2) is 4.98 Å². The number of aromatic nitrogens is 1. The van der Waals surface area contributed by atoms with Gasteiger partial charge in [0.05, 0.1) is 0 Å². The van der Waals surface area contributed by atoms with Gasteiger partial charge in [-0.15, -0.1) is 0 Å². The molecule has 0 fully saturated rings. The predicted octanol–water partition coefficient (Wildman–Crippen LogP) is 4.73. The molecule has 0 aliphatic heterocycles. The second-order valence-electron chi connectivity index (χ2n) is 4.95. The van der Waals surface area contributed by atoms with Gasteiger partial charge in [0.15, 0.2) is 11.2 Å². The van der Waals surface area contributed by atoms with E-state index in [0.717, 1.165) is 39.3 Å². The summed E-state index contributed by atoms with van der Waals surface area (Å²) in [6.07, 6.45) is 0. The molecule has 0 aliphatic rings. The molecular weight excluding hydrogens is 226 g/mol. The van der Waals surface area contributed by atoms with Gasteiger partial charge < -0.3 is 8.83 Å². The predicted molar refractivity (Wildman–Crippen MR) is 72.6 cm³/mol. The van der Waals surface area contributed by atoms with E-state index in [0.29, 0.717) is 5.92 Å². The summed E-state index contributed by atoms with van der Waals surface area (Å²) in [5.41, 5.74) is 4.13. The highest BCUT2D eigenvalue weighted by atomic mass is 16.3. The Bertz CT molecular complexity index is 695. The molecule has 0 radical (unpaired) electrons. The molecule has 3 aromatic rings. The minimum atomic E-state index is 0.358. The molecule has 0 aromatic carbocycles. The lowest BCUT2D eigenvalue weighted by atomic mass is 10.1. The van der Waals surface area contributed by atoms with E-state index in [2.05, 4.69) is 25.4 Å². The molecule has 0 aliphatic carbocycles. The van der Waals surface area contributed by atoms with E-state index >= 15 is 0 Å². The SMILES string of the molecule is C=C(C)c1cc2nc3cc(C(C)C)oc3cc2o1. The smallest absolute Gasteiger partial charge is 0.157 e. The van der Waals surface area contributed by atoms with Crippen molar-refractivity contribution in [3.63, 3.8) is 0 Å². The molecule has 0 saturated carbocycles. The van der Waals surface area contributed by atoms with Crippen LogP contribution in [0, 0.1) is 0 Å². The first-order valence-corrected chi connectivity index (χ1v) is 6.04. The molecule has 0 saturated heterocycles. The minimum Gasteiger partial charge on any atom is -0.459 e. The van der Waals surface area contributed by atoms with Crippen molar-refractivity contribution in [3.05, 3.63) is 36.3 Å². The summed E-state index contributed by atoms with van der Waals surface area (Å²) in [5.74, 6) is 2.08. The van der Waals surface area contributed by atoms with Gasteiger partial charge in [-0.1, -0.05) is 20.4 Å². The van der Waals surface area contributed by atoms with Crippen molar-refractivity contribution in [2.45, 2.75) is 26.7 Å². The molecule has 18 heavy (non-hydrogen) atoms. The lowest BCUT2D eigenvalue weighted by Crippen LogP contribution is -1.79. The van der Waals surface area contributed by atoms with Gasteiger partial charge in [-0.3, -0.25) is 0 Å². The highest BCUT2D eigenvalue weighted by Crippen LogP contribution is 2.29. The maximum absolute atomic E-state index is 5.76. The third-order valence-electron chi connectivity index (χ3n) is 2.99. The van der Waals surface area contributed by atoms with E-state index in [1.807, 2.05) is 25.1 Å². The first-order chi connectivity index (χ1) is 8.54. The molecule has 0 N–H and O–H groups in total. The van der Waals surface area contributed by atoms with Gasteiger partial charge in [0.25, 0.3) is 0 Å². The average molecular weight is 241 g/mol.